The van der Waals surface area contributed by atoms with Gasteiger partial charge in [0.15, 0.2) is 0 Å². The van der Waals surface area contributed by atoms with Crippen LogP contribution in [0.4, 0.5) is 0 Å². The zero-order valence-corrected chi connectivity index (χ0v) is 8.49. The molecule has 0 fully saturated rings. The predicted molar refractivity (Wildman–Crippen MR) is 55.6 cm³/mol. The molecular formula is C10H18N2O. The van der Waals surface area contributed by atoms with Crippen molar-refractivity contribution in [3.05, 3.63) is 35.9 Å². The van der Waals surface area contributed by atoms with Crippen LogP contribution in [0, 0.1) is 0 Å². The number of hydrogen-bond acceptors (Lipinski definition) is 3. The lowest BCUT2D eigenvalue weighted by Gasteiger charge is -2.17. The SMILES string of the molecule is C/C=C1/C=CC(O)=CN1N.CCC. The zero-order valence-electron chi connectivity index (χ0n) is 8.49. The second-order valence-electron chi connectivity index (χ2n) is 2.72. The normalized spacial score (nSPS) is 18.0. The molecular weight excluding hydrogens is 164 g/mol. The first kappa shape index (κ1) is 11.8. The van der Waals surface area contributed by atoms with Gasteiger partial charge in [-0.25, -0.2) is 5.84 Å². The summed E-state index contributed by atoms with van der Waals surface area (Å²) in [5, 5.41) is 10.3. The van der Waals surface area contributed by atoms with Gasteiger partial charge in [0.1, 0.15) is 5.76 Å². The molecule has 0 spiro atoms. The number of allylic oxidation sites excluding steroid dienone is 3. The second kappa shape index (κ2) is 6.31. The Morgan fingerprint density at radius 1 is 1.46 bits per heavy atom. The van der Waals surface area contributed by atoms with Gasteiger partial charge < -0.3 is 5.11 Å². The number of aliphatic hydroxyl groups is 1. The monoisotopic (exact) mass is 182 g/mol. The summed E-state index contributed by atoms with van der Waals surface area (Å²) in [6.45, 7) is 6.13. The van der Waals surface area contributed by atoms with Crippen molar-refractivity contribution in [2.24, 2.45) is 5.84 Å². The lowest BCUT2D eigenvalue weighted by Crippen LogP contribution is -2.25. The van der Waals surface area contributed by atoms with Crippen molar-refractivity contribution in [2.75, 3.05) is 0 Å². The van der Waals surface area contributed by atoms with Gasteiger partial charge in [-0.15, -0.1) is 0 Å². The standard InChI is InChI=1S/C7H10N2O.C3H8/c1-2-6-3-4-7(10)5-9(6)8;1-3-2/h2-5,10H,8H2,1H3;3H2,1-2H3/b6-2-;. The Balaban J connectivity index is 0.000000424. The van der Waals surface area contributed by atoms with Crippen LogP contribution in [0.15, 0.2) is 35.9 Å². The summed E-state index contributed by atoms with van der Waals surface area (Å²) in [7, 11) is 0. The van der Waals surface area contributed by atoms with Crippen LogP contribution in [0.25, 0.3) is 0 Å². The zero-order chi connectivity index (χ0) is 10.3. The topological polar surface area (TPSA) is 49.5 Å². The lowest BCUT2D eigenvalue weighted by molar-refractivity contribution is 0.391. The summed E-state index contributed by atoms with van der Waals surface area (Å²) in [5.74, 6) is 5.63. The van der Waals surface area contributed by atoms with Crippen molar-refractivity contribution >= 4 is 0 Å². The van der Waals surface area contributed by atoms with Gasteiger partial charge in [-0.3, -0.25) is 5.01 Å². The Kier molecular flexibility index (Phi) is 5.72. The Hall–Kier alpha value is -1.22. The van der Waals surface area contributed by atoms with E-state index in [4.69, 9.17) is 10.9 Å². The number of nitrogens with zero attached hydrogens (tertiary/aromatic N) is 1. The molecule has 3 nitrogen and oxygen atoms in total. The highest BCUT2D eigenvalue weighted by molar-refractivity contribution is 5.29. The highest BCUT2D eigenvalue weighted by atomic mass is 16.3. The molecule has 0 aromatic carbocycles. The molecule has 0 amide bonds. The van der Waals surface area contributed by atoms with E-state index in [1.165, 1.54) is 17.6 Å². The smallest absolute Gasteiger partial charge is 0.133 e. The average molecular weight is 182 g/mol. The molecule has 3 N–H and O–H groups in total. The van der Waals surface area contributed by atoms with Gasteiger partial charge in [0, 0.05) is 0 Å². The van der Waals surface area contributed by atoms with Crippen LogP contribution in [0.3, 0.4) is 0 Å². The molecule has 0 aliphatic carbocycles. The lowest BCUT2D eigenvalue weighted by atomic mass is 10.3. The van der Waals surface area contributed by atoms with Gasteiger partial charge in [-0.05, 0) is 19.1 Å². The van der Waals surface area contributed by atoms with Crippen molar-refractivity contribution in [1.29, 1.82) is 0 Å². The summed E-state index contributed by atoms with van der Waals surface area (Å²) >= 11 is 0. The van der Waals surface area contributed by atoms with Crippen LogP contribution in [0.2, 0.25) is 0 Å². The summed E-state index contributed by atoms with van der Waals surface area (Å²) in [5.41, 5.74) is 0.873. The molecule has 0 aromatic heterocycles. The fourth-order valence-corrected chi connectivity index (χ4v) is 0.762. The predicted octanol–water partition coefficient (Wildman–Crippen LogP) is 2.45. The Morgan fingerprint density at radius 2 is 2.00 bits per heavy atom. The largest absolute Gasteiger partial charge is 0.506 e. The molecule has 0 unspecified atom stereocenters. The van der Waals surface area contributed by atoms with Gasteiger partial charge in [-0.1, -0.05) is 26.3 Å². The summed E-state index contributed by atoms with van der Waals surface area (Å²) < 4.78 is 0. The van der Waals surface area contributed by atoms with Crippen LogP contribution in [-0.2, 0) is 0 Å². The Labute approximate surface area is 79.8 Å². The molecule has 13 heavy (non-hydrogen) atoms. The van der Waals surface area contributed by atoms with Gasteiger partial charge in [0.05, 0.1) is 11.9 Å². The Bertz CT molecular complexity index is 229. The molecule has 1 heterocycles. The van der Waals surface area contributed by atoms with Gasteiger partial charge in [0.25, 0.3) is 0 Å². The first-order valence-corrected chi connectivity index (χ1v) is 4.44. The fourth-order valence-electron chi connectivity index (χ4n) is 0.762. The molecule has 1 aliphatic heterocycles. The van der Waals surface area contributed by atoms with E-state index in [0.29, 0.717) is 0 Å². The maximum atomic E-state index is 8.92. The van der Waals surface area contributed by atoms with E-state index >= 15 is 0 Å². The van der Waals surface area contributed by atoms with E-state index in [1.807, 2.05) is 13.0 Å². The van der Waals surface area contributed by atoms with Crippen LogP contribution < -0.4 is 5.84 Å². The number of nitrogens with two attached hydrogens (primary N) is 1. The highest BCUT2D eigenvalue weighted by Gasteiger charge is 2.03. The minimum atomic E-state index is 0.174. The first-order chi connectivity index (χ1) is 6.15. The van der Waals surface area contributed by atoms with E-state index in [-0.39, 0.29) is 5.76 Å². The molecule has 0 saturated carbocycles. The van der Waals surface area contributed by atoms with Crippen molar-refractivity contribution in [1.82, 2.24) is 5.01 Å². The number of rotatable bonds is 0. The van der Waals surface area contributed by atoms with Crippen LogP contribution in [0.5, 0.6) is 0 Å². The van der Waals surface area contributed by atoms with Crippen LogP contribution in [0.1, 0.15) is 27.2 Å². The number of aliphatic hydroxyl groups excluding tert-OH is 1. The van der Waals surface area contributed by atoms with Crippen LogP contribution >= 0.6 is 0 Å². The molecule has 0 atom stereocenters. The molecule has 74 valence electrons. The van der Waals surface area contributed by atoms with E-state index in [1.54, 1.807) is 12.2 Å². The minimum absolute atomic E-state index is 0.174. The van der Waals surface area contributed by atoms with Gasteiger partial charge in [-0.2, -0.15) is 0 Å². The van der Waals surface area contributed by atoms with E-state index < -0.39 is 0 Å². The van der Waals surface area contributed by atoms with Crippen LogP contribution in [-0.4, -0.2) is 10.1 Å². The first-order valence-electron chi connectivity index (χ1n) is 4.44. The van der Waals surface area contributed by atoms with Gasteiger partial charge >= 0.3 is 0 Å². The summed E-state index contributed by atoms with van der Waals surface area (Å²) in [6.07, 6.45) is 7.91. The van der Waals surface area contributed by atoms with Gasteiger partial charge in [0.2, 0.25) is 0 Å². The third kappa shape index (κ3) is 4.38. The van der Waals surface area contributed by atoms with E-state index in [2.05, 4.69) is 13.8 Å². The summed E-state index contributed by atoms with van der Waals surface area (Å²) in [4.78, 5) is 0. The number of hydrogen-bond donors (Lipinski definition) is 2. The minimum Gasteiger partial charge on any atom is -0.506 e. The van der Waals surface area contributed by atoms with Crippen molar-refractivity contribution in [2.45, 2.75) is 27.2 Å². The quantitative estimate of drug-likeness (QED) is 0.566. The molecule has 1 aliphatic rings. The molecule has 0 radical (unpaired) electrons. The molecule has 0 bridgehead atoms. The second-order valence-corrected chi connectivity index (χ2v) is 2.72. The van der Waals surface area contributed by atoms with Crippen molar-refractivity contribution in [3.63, 3.8) is 0 Å². The van der Waals surface area contributed by atoms with E-state index in [9.17, 15) is 0 Å². The third-order valence-corrected chi connectivity index (χ3v) is 1.29. The van der Waals surface area contributed by atoms with E-state index in [0.717, 1.165) is 5.70 Å². The maximum absolute atomic E-state index is 8.92. The molecule has 3 heteroatoms. The molecule has 1 rings (SSSR count). The third-order valence-electron chi connectivity index (χ3n) is 1.29. The fraction of sp³-hybridized carbons (Fsp3) is 0.400. The maximum Gasteiger partial charge on any atom is 0.133 e. The number of hydrazine groups is 1. The molecule has 0 aromatic rings. The summed E-state index contributed by atoms with van der Waals surface area (Å²) in [6, 6.07) is 0. The molecule has 0 saturated heterocycles. The average Bonchev–Trinajstić information content (AvgIpc) is 2.06. The highest BCUT2D eigenvalue weighted by Crippen LogP contribution is 2.10. The van der Waals surface area contributed by atoms with Crippen molar-refractivity contribution in [3.8, 4) is 0 Å². The Morgan fingerprint density at radius 3 is 2.38 bits per heavy atom. The van der Waals surface area contributed by atoms with Crippen molar-refractivity contribution < 1.29 is 5.11 Å².